The molecule has 3 rings (SSSR count). The Balaban J connectivity index is 1.90. The van der Waals surface area contributed by atoms with Crippen LogP contribution < -0.4 is 5.73 Å². The summed E-state index contributed by atoms with van der Waals surface area (Å²) >= 11 is 0. The smallest absolute Gasteiger partial charge is 0.292 e. The molecule has 5 heteroatoms. The number of likely N-dealkylation sites (tertiary alicyclic amines) is 1. The van der Waals surface area contributed by atoms with Gasteiger partial charge in [0.15, 0.2) is 5.58 Å². The van der Waals surface area contributed by atoms with Crippen LogP contribution in [0.4, 0.5) is 6.01 Å². The summed E-state index contributed by atoms with van der Waals surface area (Å²) in [5.74, 6) is 0.0616. The largest absolute Gasteiger partial charge is 0.424 e. The minimum atomic E-state index is 0.0616. The molecule has 0 radical (unpaired) electrons. The second-order valence-electron chi connectivity index (χ2n) is 4.59. The third-order valence-corrected chi connectivity index (χ3v) is 3.30. The highest BCUT2D eigenvalue weighted by atomic mass is 16.4. The zero-order valence-electron chi connectivity index (χ0n) is 10.1. The van der Waals surface area contributed by atoms with E-state index in [1.165, 1.54) is 6.42 Å². The Morgan fingerprint density at radius 3 is 2.83 bits per heavy atom. The second-order valence-corrected chi connectivity index (χ2v) is 4.59. The van der Waals surface area contributed by atoms with Gasteiger partial charge in [-0.15, -0.1) is 0 Å². The van der Waals surface area contributed by atoms with E-state index >= 15 is 0 Å². The Morgan fingerprint density at radius 1 is 1.28 bits per heavy atom. The summed E-state index contributed by atoms with van der Waals surface area (Å²) < 4.78 is 5.24. The lowest BCUT2D eigenvalue weighted by molar-refractivity contribution is 0.0724. The lowest BCUT2D eigenvalue weighted by Crippen LogP contribution is -2.35. The summed E-state index contributed by atoms with van der Waals surface area (Å²) in [6.07, 6.45) is 3.38. The van der Waals surface area contributed by atoms with Gasteiger partial charge in [0, 0.05) is 18.7 Å². The molecule has 0 saturated carbocycles. The summed E-state index contributed by atoms with van der Waals surface area (Å²) in [4.78, 5) is 18.2. The topological polar surface area (TPSA) is 72.4 Å². The number of nitrogen functional groups attached to an aromatic ring is 1. The quantitative estimate of drug-likeness (QED) is 0.834. The summed E-state index contributed by atoms with van der Waals surface area (Å²) in [5, 5.41) is 0. The van der Waals surface area contributed by atoms with Crippen LogP contribution in [-0.2, 0) is 0 Å². The Kier molecular flexibility index (Phi) is 2.66. The standard InChI is InChI=1S/C13H15N3O2/c14-13-15-10-5-4-9(8-11(10)18-13)12(17)16-6-2-1-3-7-16/h4-5,8H,1-3,6-7H2,(H2,14,15). The summed E-state index contributed by atoms with van der Waals surface area (Å²) in [6.45, 7) is 1.69. The molecule has 1 aliphatic heterocycles. The van der Waals surface area contributed by atoms with Gasteiger partial charge in [-0.2, -0.15) is 4.98 Å². The van der Waals surface area contributed by atoms with Crippen molar-refractivity contribution in [3.63, 3.8) is 0 Å². The van der Waals surface area contributed by atoms with E-state index < -0.39 is 0 Å². The number of nitrogens with two attached hydrogens (primary N) is 1. The van der Waals surface area contributed by atoms with E-state index in [2.05, 4.69) is 4.98 Å². The number of hydrogen-bond donors (Lipinski definition) is 1. The normalized spacial score (nSPS) is 16.1. The first kappa shape index (κ1) is 11.1. The number of carbonyl (C=O) groups is 1. The fraction of sp³-hybridized carbons (Fsp3) is 0.385. The minimum absolute atomic E-state index is 0.0616. The molecule has 1 saturated heterocycles. The van der Waals surface area contributed by atoms with E-state index in [1.807, 2.05) is 4.90 Å². The van der Waals surface area contributed by atoms with E-state index in [0.29, 0.717) is 16.7 Å². The lowest BCUT2D eigenvalue weighted by atomic mass is 10.1. The van der Waals surface area contributed by atoms with Crippen molar-refractivity contribution in [1.82, 2.24) is 9.88 Å². The van der Waals surface area contributed by atoms with Gasteiger partial charge >= 0.3 is 0 Å². The summed E-state index contributed by atoms with van der Waals surface area (Å²) in [6, 6.07) is 5.40. The second kappa shape index (κ2) is 4.33. The fourth-order valence-corrected chi connectivity index (χ4v) is 2.36. The molecule has 1 amide bonds. The molecule has 1 aromatic heterocycles. The third kappa shape index (κ3) is 1.92. The van der Waals surface area contributed by atoms with Gasteiger partial charge in [-0.1, -0.05) is 0 Å². The van der Waals surface area contributed by atoms with E-state index in [9.17, 15) is 4.79 Å². The maximum absolute atomic E-state index is 12.3. The molecular weight excluding hydrogens is 230 g/mol. The number of anilines is 1. The van der Waals surface area contributed by atoms with Gasteiger partial charge in [-0.25, -0.2) is 0 Å². The molecule has 0 atom stereocenters. The number of fused-ring (bicyclic) bond motifs is 1. The van der Waals surface area contributed by atoms with Crippen molar-refractivity contribution >= 4 is 23.0 Å². The van der Waals surface area contributed by atoms with Gasteiger partial charge in [-0.05, 0) is 37.5 Å². The van der Waals surface area contributed by atoms with Crippen LogP contribution >= 0.6 is 0 Å². The van der Waals surface area contributed by atoms with Gasteiger partial charge < -0.3 is 15.1 Å². The van der Waals surface area contributed by atoms with E-state index in [0.717, 1.165) is 25.9 Å². The SMILES string of the molecule is Nc1nc2ccc(C(=O)N3CCCCC3)cc2o1. The Labute approximate surface area is 105 Å². The van der Waals surface area contributed by atoms with Gasteiger partial charge in [0.1, 0.15) is 5.52 Å². The Bertz CT molecular complexity index is 585. The van der Waals surface area contributed by atoms with E-state index in [4.69, 9.17) is 10.2 Å². The minimum Gasteiger partial charge on any atom is -0.424 e. The first-order chi connectivity index (χ1) is 8.74. The van der Waals surface area contributed by atoms with Gasteiger partial charge in [0.05, 0.1) is 0 Å². The molecule has 2 N–H and O–H groups in total. The average molecular weight is 245 g/mol. The van der Waals surface area contributed by atoms with Crippen molar-refractivity contribution in [2.75, 3.05) is 18.8 Å². The van der Waals surface area contributed by atoms with Crippen LogP contribution in [0.1, 0.15) is 29.6 Å². The van der Waals surface area contributed by atoms with Crippen molar-refractivity contribution in [2.45, 2.75) is 19.3 Å². The molecule has 0 unspecified atom stereocenters. The van der Waals surface area contributed by atoms with Crippen molar-refractivity contribution in [3.05, 3.63) is 23.8 Å². The number of amides is 1. The molecule has 94 valence electrons. The van der Waals surface area contributed by atoms with Crippen molar-refractivity contribution in [3.8, 4) is 0 Å². The lowest BCUT2D eigenvalue weighted by Gasteiger charge is -2.26. The summed E-state index contributed by atoms with van der Waals surface area (Å²) in [5.41, 5.74) is 7.37. The first-order valence-electron chi connectivity index (χ1n) is 6.19. The molecular formula is C13H15N3O2. The molecule has 2 aromatic rings. The predicted octanol–water partition coefficient (Wildman–Crippen LogP) is 2.04. The molecule has 2 heterocycles. The van der Waals surface area contributed by atoms with Crippen LogP contribution in [0, 0.1) is 0 Å². The van der Waals surface area contributed by atoms with Crippen LogP contribution in [-0.4, -0.2) is 28.9 Å². The highest BCUT2D eigenvalue weighted by Crippen LogP contribution is 2.20. The summed E-state index contributed by atoms with van der Waals surface area (Å²) in [7, 11) is 0. The maximum atomic E-state index is 12.3. The Morgan fingerprint density at radius 2 is 2.06 bits per heavy atom. The number of nitrogens with zero attached hydrogens (tertiary/aromatic N) is 2. The van der Waals surface area contributed by atoms with Crippen LogP contribution in [0.2, 0.25) is 0 Å². The molecule has 18 heavy (non-hydrogen) atoms. The highest BCUT2D eigenvalue weighted by molar-refractivity contribution is 5.97. The van der Waals surface area contributed by atoms with Crippen LogP contribution in [0.15, 0.2) is 22.6 Å². The van der Waals surface area contributed by atoms with Gasteiger partial charge in [0.25, 0.3) is 11.9 Å². The van der Waals surface area contributed by atoms with Crippen LogP contribution in [0.3, 0.4) is 0 Å². The van der Waals surface area contributed by atoms with Crippen molar-refractivity contribution in [1.29, 1.82) is 0 Å². The monoisotopic (exact) mass is 245 g/mol. The van der Waals surface area contributed by atoms with Gasteiger partial charge in [-0.3, -0.25) is 4.79 Å². The highest BCUT2D eigenvalue weighted by Gasteiger charge is 2.18. The molecule has 1 aliphatic rings. The molecule has 5 nitrogen and oxygen atoms in total. The number of benzene rings is 1. The fourth-order valence-electron chi connectivity index (χ4n) is 2.36. The third-order valence-electron chi connectivity index (χ3n) is 3.30. The maximum Gasteiger partial charge on any atom is 0.292 e. The molecule has 0 bridgehead atoms. The average Bonchev–Trinajstić information content (AvgIpc) is 2.78. The molecule has 0 spiro atoms. The van der Waals surface area contributed by atoms with Crippen molar-refractivity contribution < 1.29 is 9.21 Å². The molecule has 0 aliphatic carbocycles. The molecule has 1 fully saturated rings. The number of hydrogen-bond acceptors (Lipinski definition) is 4. The number of piperidine rings is 1. The van der Waals surface area contributed by atoms with Crippen molar-refractivity contribution in [2.24, 2.45) is 0 Å². The van der Waals surface area contributed by atoms with Crippen LogP contribution in [0.5, 0.6) is 0 Å². The van der Waals surface area contributed by atoms with E-state index in [1.54, 1.807) is 18.2 Å². The Hall–Kier alpha value is -2.04. The predicted molar refractivity (Wildman–Crippen MR) is 68.2 cm³/mol. The van der Waals surface area contributed by atoms with Gasteiger partial charge in [0.2, 0.25) is 0 Å². The molecule has 1 aromatic carbocycles. The first-order valence-corrected chi connectivity index (χ1v) is 6.19. The number of aromatic nitrogens is 1. The number of rotatable bonds is 1. The number of oxazole rings is 1. The zero-order valence-corrected chi connectivity index (χ0v) is 10.1. The zero-order chi connectivity index (χ0) is 12.5. The number of carbonyl (C=O) groups excluding carboxylic acids is 1. The van der Waals surface area contributed by atoms with Crippen LogP contribution in [0.25, 0.3) is 11.1 Å². The van der Waals surface area contributed by atoms with E-state index in [-0.39, 0.29) is 11.9 Å².